The summed E-state index contributed by atoms with van der Waals surface area (Å²) in [6.07, 6.45) is 1.82. The predicted octanol–water partition coefficient (Wildman–Crippen LogP) is 0.190. The molecule has 4 rings (SSSR count). The Kier molecular flexibility index (Phi) is 6.51. The van der Waals surface area contributed by atoms with Gasteiger partial charge in [-0.05, 0) is 38.8 Å². The molecule has 1 unspecified atom stereocenters. The third-order valence-corrected chi connectivity index (χ3v) is 5.82. The van der Waals surface area contributed by atoms with E-state index in [-0.39, 0.29) is 23.8 Å². The molecule has 0 aliphatic carbocycles. The Hall–Kier alpha value is -3.91. The summed E-state index contributed by atoms with van der Waals surface area (Å²) in [6, 6.07) is 5.20. The normalized spacial score (nSPS) is 15.8. The van der Waals surface area contributed by atoms with E-state index in [1.165, 1.54) is 11.6 Å². The molecule has 4 heterocycles. The van der Waals surface area contributed by atoms with E-state index >= 15 is 0 Å². The van der Waals surface area contributed by atoms with Crippen molar-refractivity contribution in [1.82, 2.24) is 23.7 Å². The molecule has 0 aromatic carbocycles. The van der Waals surface area contributed by atoms with Crippen LogP contribution in [0.15, 0.2) is 27.8 Å². The highest BCUT2D eigenvalue weighted by molar-refractivity contribution is 5.89. The summed E-state index contributed by atoms with van der Waals surface area (Å²) in [4.78, 5) is 50.1. The average molecular weight is 465 g/mol. The van der Waals surface area contributed by atoms with Crippen LogP contribution in [0.4, 0.5) is 11.8 Å². The number of nitrogens with zero attached hydrogens (tertiary/aromatic N) is 6. The van der Waals surface area contributed by atoms with Crippen molar-refractivity contribution in [2.24, 2.45) is 12.8 Å². The highest BCUT2D eigenvalue weighted by Gasteiger charge is 2.26. The zero-order valence-corrected chi connectivity index (χ0v) is 19.5. The Bertz CT molecular complexity index is 1420. The van der Waals surface area contributed by atoms with Gasteiger partial charge in [-0.25, -0.2) is 14.3 Å². The molecule has 11 nitrogen and oxygen atoms in total. The lowest BCUT2D eigenvalue weighted by Crippen LogP contribution is -2.44. The summed E-state index contributed by atoms with van der Waals surface area (Å²) in [5, 5.41) is 2.64. The molecule has 1 fully saturated rings. The molecule has 11 heteroatoms. The molecule has 3 aromatic rings. The van der Waals surface area contributed by atoms with Crippen molar-refractivity contribution in [2.45, 2.75) is 45.8 Å². The molecular formula is C23H28N8O3. The second kappa shape index (κ2) is 9.52. The van der Waals surface area contributed by atoms with Crippen LogP contribution in [0.3, 0.4) is 0 Å². The van der Waals surface area contributed by atoms with Crippen LogP contribution < -0.4 is 27.2 Å². The Morgan fingerprint density at radius 3 is 2.76 bits per heavy atom. The van der Waals surface area contributed by atoms with E-state index in [0.29, 0.717) is 18.3 Å². The van der Waals surface area contributed by atoms with Gasteiger partial charge in [0.25, 0.3) is 5.56 Å². The van der Waals surface area contributed by atoms with Gasteiger partial charge in [0.15, 0.2) is 11.2 Å². The molecule has 178 valence electrons. The largest absolute Gasteiger partial charge is 0.341 e. The molecule has 1 atom stereocenters. The maximum Gasteiger partial charge on any atom is 0.332 e. The summed E-state index contributed by atoms with van der Waals surface area (Å²) in [5.74, 6) is 6.20. The van der Waals surface area contributed by atoms with Crippen molar-refractivity contribution in [3.63, 3.8) is 0 Å². The lowest BCUT2D eigenvalue weighted by Gasteiger charge is -2.31. The number of piperidine rings is 1. The number of nitrogens with one attached hydrogen (secondary N) is 1. The van der Waals surface area contributed by atoms with Crippen molar-refractivity contribution < 1.29 is 4.79 Å². The van der Waals surface area contributed by atoms with Gasteiger partial charge in [-0.2, -0.15) is 4.98 Å². The van der Waals surface area contributed by atoms with Crippen LogP contribution in [0, 0.1) is 18.8 Å². The van der Waals surface area contributed by atoms with E-state index in [9.17, 15) is 14.4 Å². The average Bonchev–Trinajstić information content (AvgIpc) is 3.19. The van der Waals surface area contributed by atoms with E-state index in [0.717, 1.165) is 29.6 Å². The van der Waals surface area contributed by atoms with Gasteiger partial charge in [0.2, 0.25) is 11.9 Å². The summed E-state index contributed by atoms with van der Waals surface area (Å²) in [7, 11) is 1.54. The molecule has 0 spiro atoms. The van der Waals surface area contributed by atoms with Crippen molar-refractivity contribution in [2.75, 3.05) is 23.3 Å². The minimum absolute atomic E-state index is 0.00122. The molecule has 3 aromatic heterocycles. The number of hydrogen-bond acceptors (Lipinski definition) is 7. The zero-order valence-electron chi connectivity index (χ0n) is 19.5. The molecule has 1 aliphatic rings. The van der Waals surface area contributed by atoms with Gasteiger partial charge in [-0.3, -0.25) is 18.7 Å². The number of carbonyl (C=O) groups is 1. The number of amides is 1. The highest BCUT2D eigenvalue weighted by Crippen LogP contribution is 2.22. The standard InChI is InChI=1S/C23H28N8O3/c1-4-5-12-30-19-20(27-22(30)29-11-7-9-16(24)13-29)28(3)23(34)31(21(19)33)14-18(32)26-17-10-6-8-15(2)25-17/h6,8,10,16H,7,9,11-14,24H2,1-3H3,(H,25,26,32). The fourth-order valence-corrected chi connectivity index (χ4v) is 4.18. The van der Waals surface area contributed by atoms with E-state index in [2.05, 4.69) is 27.1 Å². The van der Waals surface area contributed by atoms with Gasteiger partial charge >= 0.3 is 5.69 Å². The molecule has 0 bridgehead atoms. The molecule has 0 saturated carbocycles. The van der Waals surface area contributed by atoms with Gasteiger partial charge in [0, 0.05) is 31.9 Å². The van der Waals surface area contributed by atoms with Crippen LogP contribution in [-0.4, -0.2) is 48.7 Å². The van der Waals surface area contributed by atoms with Crippen LogP contribution in [0.1, 0.15) is 25.5 Å². The third-order valence-electron chi connectivity index (χ3n) is 5.82. The smallest absolute Gasteiger partial charge is 0.332 e. The molecule has 3 N–H and O–H groups in total. The number of fused-ring (bicyclic) bond motifs is 1. The maximum atomic E-state index is 13.5. The van der Waals surface area contributed by atoms with E-state index in [1.807, 2.05) is 4.90 Å². The van der Waals surface area contributed by atoms with E-state index < -0.39 is 23.7 Å². The van der Waals surface area contributed by atoms with Crippen LogP contribution in [0.2, 0.25) is 0 Å². The SMILES string of the molecule is CC#CCn1c(N2CCCC(N)C2)nc2c1c(=O)n(CC(=O)Nc1cccc(C)n1)c(=O)n2C. The third kappa shape index (κ3) is 4.45. The number of rotatable bonds is 5. The van der Waals surface area contributed by atoms with Crippen LogP contribution in [-0.2, 0) is 24.9 Å². The maximum absolute atomic E-state index is 13.5. The number of aryl methyl sites for hydroxylation is 2. The van der Waals surface area contributed by atoms with Crippen LogP contribution >= 0.6 is 0 Å². The molecule has 1 saturated heterocycles. The lowest BCUT2D eigenvalue weighted by molar-refractivity contribution is -0.116. The number of imidazole rings is 1. The fourth-order valence-electron chi connectivity index (χ4n) is 4.18. The Labute approximate surface area is 196 Å². The first-order valence-corrected chi connectivity index (χ1v) is 11.1. The second-order valence-electron chi connectivity index (χ2n) is 8.39. The van der Waals surface area contributed by atoms with Crippen LogP contribution in [0.5, 0.6) is 0 Å². The Morgan fingerprint density at radius 1 is 1.26 bits per heavy atom. The number of pyridine rings is 1. The van der Waals surface area contributed by atoms with Crippen molar-refractivity contribution in [3.05, 3.63) is 44.7 Å². The van der Waals surface area contributed by atoms with Gasteiger partial charge in [-0.15, -0.1) is 5.92 Å². The minimum atomic E-state index is -0.627. The van der Waals surface area contributed by atoms with Gasteiger partial charge < -0.3 is 16.0 Å². The van der Waals surface area contributed by atoms with Gasteiger partial charge in [-0.1, -0.05) is 12.0 Å². The first-order valence-electron chi connectivity index (χ1n) is 11.1. The van der Waals surface area contributed by atoms with E-state index in [1.54, 1.807) is 36.6 Å². The number of carbonyl (C=O) groups excluding carboxylic acids is 1. The first kappa shape index (κ1) is 23.3. The predicted molar refractivity (Wildman–Crippen MR) is 130 cm³/mol. The summed E-state index contributed by atoms with van der Waals surface area (Å²) in [6.45, 7) is 4.62. The van der Waals surface area contributed by atoms with Gasteiger partial charge in [0.1, 0.15) is 12.4 Å². The summed E-state index contributed by atoms with van der Waals surface area (Å²) in [5.41, 5.74) is 6.15. The van der Waals surface area contributed by atoms with Gasteiger partial charge in [0.05, 0.1) is 6.54 Å². The number of anilines is 2. The summed E-state index contributed by atoms with van der Waals surface area (Å²) < 4.78 is 3.91. The Balaban J connectivity index is 1.79. The second-order valence-corrected chi connectivity index (χ2v) is 8.39. The Morgan fingerprint density at radius 2 is 2.06 bits per heavy atom. The number of aromatic nitrogens is 5. The first-order chi connectivity index (χ1) is 16.3. The van der Waals surface area contributed by atoms with Crippen molar-refractivity contribution >= 4 is 28.8 Å². The number of nitrogens with two attached hydrogens (primary N) is 1. The fraction of sp³-hybridized carbons (Fsp3) is 0.435. The molecular weight excluding hydrogens is 436 g/mol. The lowest BCUT2D eigenvalue weighted by atomic mass is 10.1. The zero-order chi connectivity index (χ0) is 24.4. The van der Waals surface area contributed by atoms with Crippen LogP contribution in [0.25, 0.3) is 11.2 Å². The minimum Gasteiger partial charge on any atom is -0.341 e. The molecule has 34 heavy (non-hydrogen) atoms. The molecule has 1 amide bonds. The highest BCUT2D eigenvalue weighted by atomic mass is 16.2. The monoisotopic (exact) mass is 464 g/mol. The molecule has 1 aliphatic heterocycles. The molecule has 0 radical (unpaired) electrons. The quantitative estimate of drug-likeness (QED) is 0.515. The topological polar surface area (TPSA) is 133 Å². The van der Waals surface area contributed by atoms with Crippen molar-refractivity contribution in [1.29, 1.82) is 0 Å². The summed E-state index contributed by atoms with van der Waals surface area (Å²) >= 11 is 0. The number of hydrogen-bond donors (Lipinski definition) is 2. The van der Waals surface area contributed by atoms with Crippen molar-refractivity contribution in [3.8, 4) is 11.8 Å². The van der Waals surface area contributed by atoms with E-state index in [4.69, 9.17) is 5.73 Å².